The number of pyridine rings is 2. The lowest BCUT2D eigenvalue weighted by Gasteiger charge is -2.08. The highest BCUT2D eigenvalue weighted by Gasteiger charge is 2.08. The Bertz CT molecular complexity index is 1040. The molecule has 4 nitrogen and oxygen atoms in total. The van der Waals surface area contributed by atoms with Crippen LogP contribution in [0.1, 0.15) is 11.1 Å². The van der Waals surface area contributed by atoms with Crippen LogP contribution in [0.2, 0.25) is 0 Å². The van der Waals surface area contributed by atoms with E-state index in [9.17, 15) is 5.11 Å². The predicted molar refractivity (Wildman–Crippen MR) is 97.0 cm³/mol. The quantitative estimate of drug-likeness (QED) is 0.563. The van der Waals surface area contributed by atoms with Gasteiger partial charge in [-0.3, -0.25) is 4.98 Å². The van der Waals surface area contributed by atoms with Crippen LogP contribution in [0.5, 0.6) is 5.75 Å². The number of nitrogens with two attached hydrogens (primary N) is 1. The molecule has 0 radical (unpaired) electrons. The lowest BCUT2D eigenvalue weighted by Crippen LogP contribution is -1.98. The fourth-order valence-corrected chi connectivity index (χ4v) is 3.04. The number of anilines is 1. The van der Waals surface area contributed by atoms with Gasteiger partial charge >= 0.3 is 0 Å². The molecular formula is C20H17N3O. The topological polar surface area (TPSA) is 72.0 Å². The zero-order valence-corrected chi connectivity index (χ0v) is 13.1. The van der Waals surface area contributed by atoms with Crippen LogP contribution in [-0.2, 0) is 12.8 Å². The van der Waals surface area contributed by atoms with E-state index in [2.05, 4.69) is 16.0 Å². The summed E-state index contributed by atoms with van der Waals surface area (Å²) in [4.78, 5) is 8.95. The standard InChI is InChI=1S/C20H17N3O/c21-20-19-17(16-6-1-2-7-18(16)23-20)11-14(12-22-19)9-8-13-4-3-5-15(24)10-13/h1-7,10-12,24H,8-9H2,(H2,21,23). The van der Waals surface area contributed by atoms with Gasteiger partial charge in [0.1, 0.15) is 11.3 Å². The summed E-state index contributed by atoms with van der Waals surface area (Å²) in [6, 6.07) is 17.5. The molecule has 0 amide bonds. The third-order valence-corrected chi connectivity index (χ3v) is 4.23. The molecule has 4 heteroatoms. The number of rotatable bonds is 3. The van der Waals surface area contributed by atoms with E-state index >= 15 is 0 Å². The number of benzene rings is 2. The number of hydrogen-bond acceptors (Lipinski definition) is 4. The fourth-order valence-electron chi connectivity index (χ4n) is 3.04. The smallest absolute Gasteiger partial charge is 0.150 e. The van der Waals surface area contributed by atoms with Gasteiger partial charge in [0.05, 0.1) is 5.52 Å². The summed E-state index contributed by atoms with van der Waals surface area (Å²) in [7, 11) is 0. The molecule has 0 aliphatic heterocycles. The number of hydrogen-bond donors (Lipinski definition) is 2. The van der Waals surface area contributed by atoms with Crippen molar-refractivity contribution in [3.63, 3.8) is 0 Å². The molecule has 3 N–H and O–H groups in total. The van der Waals surface area contributed by atoms with Crippen LogP contribution in [0.3, 0.4) is 0 Å². The number of aryl methyl sites for hydroxylation is 2. The number of phenolic OH excluding ortho intramolecular Hbond substituents is 1. The van der Waals surface area contributed by atoms with Crippen molar-refractivity contribution in [3.05, 3.63) is 71.9 Å². The monoisotopic (exact) mass is 315 g/mol. The first-order valence-corrected chi connectivity index (χ1v) is 7.91. The van der Waals surface area contributed by atoms with E-state index in [1.54, 1.807) is 12.1 Å². The van der Waals surface area contributed by atoms with Gasteiger partial charge in [-0.15, -0.1) is 0 Å². The Kier molecular flexibility index (Phi) is 3.50. The largest absolute Gasteiger partial charge is 0.508 e. The minimum Gasteiger partial charge on any atom is -0.508 e. The van der Waals surface area contributed by atoms with E-state index in [0.29, 0.717) is 11.6 Å². The van der Waals surface area contributed by atoms with Crippen molar-refractivity contribution >= 4 is 27.6 Å². The summed E-state index contributed by atoms with van der Waals surface area (Å²) >= 11 is 0. The molecule has 0 atom stereocenters. The predicted octanol–water partition coefficient (Wildman–Crippen LogP) is 3.86. The van der Waals surface area contributed by atoms with Gasteiger partial charge in [0.25, 0.3) is 0 Å². The fraction of sp³-hybridized carbons (Fsp3) is 0.100. The third-order valence-electron chi connectivity index (χ3n) is 4.23. The summed E-state index contributed by atoms with van der Waals surface area (Å²) in [6.07, 6.45) is 3.56. The number of nitrogens with zero attached hydrogens (tertiary/aromatic N) is 2. The van der Waals surface area contributed by atoms with Gasteiger partial charge in [-0.2, -0.15) is 0 Å². The SMILES string of the molecule is Nc1nc2ccccc2c2cc(CCc3cccc(O)c3)cnc12. The average Bonchev–Trinajstić information content (AvgIpc) is 2.60. The first kappa shape index (κ1) is 14.5. The number of aromatic nitrogens is 2. The van der Waals surface area contributed by atoms with Crippen molar-refractivity contribution in [3.8, 4) is 5.75 Å². The number of nitrogen functional groups attached to an aromatic ring is 1. The highest BCUT2D eigenvalue weighted by molar-refractivity contribution is 6.08. The molecule has 0 saturated carbocycles. The zero-order chi connectivity index (χ0) is 16.5. The van der Waals surface area contributed by atoms with Gasteiger partial charge in [0.15, 0.2) is 5.82 Å². The molecule has 4 rings (SSSR count). The van der Waals surface area contributed by atoms with Gasteiger partial charge in [-0.05, 0) is 48.2 Å². The van der Waals surface area contributed by atoms with Crippen molar-refractivity contribution in [1.82, 2.24) is 9.97 Å². The molecule has 24 heavy (non-hydrogen) atoms. The number of aromatic hydroxyl groups is 1. The molecule has 118 valence electrons. The van der Waals surface area contributed by atoms with Crippen LogP contribution in [0.15, 0.2) is 60.8 Å². The summed E-state index contributed by atoms with van der Waals surface area (Å²) in [5, 5.41) is 11.7. The number of fused-ring (bicyclic) bond motifs is 3. The summed E-state index contributed by atoms with van der Waals surface area (Å²) in [5.74, 6) is 0.761. The summed E-state index contributed by atoms with van der Waals surface area (Å²) < 4.78 is 0. The molecule has 0 fully saturated rings. The van der Waals surface area contributed by atoms with Crippen LogP contribution in [0, 0.1) is 0 Å². The molecular weight excluding hydrogens is 298 g/mol. The van der Waals surface area contributed by atoms with Gasteiger partial charge in [-0.25, -0.2) is 4.98 Å². The molecule has 0 bridgehead atoms. The van der Waals surface area contributed by atoms with Crippen molar-refractivity contribution in [2.24, 2.45) is 0 Å². The van der Waals surface area contributed by atoms with E-state index in [-0.39, 0.29) is 0 Å². The van der Waals surface area contributed by atoms with E-state index in [4.69, 9.17) is 5.73 Å². The second-order valence-electron chi connectivity index (χ2n) is 5.92. The maximum atomic E-state index is 9.57. The van der Waals surface area contributed by atoms with Crippen LogP contribution in [-0.4, -0.2) is 15.1 Å². The molecule has 0 saturated heterocycles. The lowest BCUT2D eigenvalue weighted by molar-refractivity contribution is 0.474. The Morgan fingerprint density at radius 2 is 1.71 bits per heavy atom. The molecule has 0 aliphatic carbocycles. The highest BCUT2D eigenvalue weighted by atomic mass is 16.3. The van der Waals surface area contributed by atoms with Crippen LogP contribution in [0.25, 0.3) is 21.8 Å². The van der Waals surface area contributed by atoms with Gasteiger partial charge in [-0.1, -0.05) is 30.3 Å². The van der Waals surface area contributed by atoms with Gasteiger partial charge in [0, 0.05) is 17.0 Å². The summed E-state index contributed by atoms with van der Waals surface area (Å²) in [5.41, 5.74) is 9.93. The van der Waals surface area contributed by atoms with E-state index in [0.717, 1.165) is 45.8 Å². The summed E-state index contributed by atoms with van der Waals surface area (Å²) in [6.45, 7) is 0. The highest BCUT2D eigenvalue weighted by Crippen LogP contribution is 2.27. The molecule has 4 aromatic rings. The maximum Gasteiger partial charge on any atom is 0.150 e. The minimum absolute atomic E-state index is 0.300. The zero-order valence-electron chi connectivity index (χ0n) is 13.1. The third kappa shape index (κ3) is 2.63. The molecule has 0 unspecified atom stereocenters. The van der Waals surface area contributed by atoms with Gasteiger partial charge < -0.3 is 10.8 Å². The van der Waals surface area contributed by atoms with Crippen LogP contribution in [0.4, 0.5) is 5.82 Å². The lowest BCUT2D eigenvalue weighted by atomic mass is 10.0. The Morgan fingerprint density at radius 1 is 0.875 bits per heavy atom. The second-order valence-corrected chi connectivity index (χ2v) is 5.92. The van der Waals surface area contributed by atoms with Gasteiger partial charge in [0.2, 0.25) is 0 Å². The van der Waals surface area contributed by atoms with E-state index in [1.807, 2.05) is 42.6 Å². The van der Waals surface area contributed by atoms with Crippen molar-refractivity contribution < 1.29 is 5.11 Å². The Balaban J connectivity index is 1.73. The Labute approximate surface area is 139 Å². The van der Waals surface area contributed by atoms with Crippen molar-refractivity contribution in [1.29, 1.82) is 0 Å². The molecule has 0 aliphatic rings. The molecule has 2 aromatic carbocycles. The number of para-hydroxylation sites is 1. The normalized spacial score (nSPS) is 11.2. The second kappa shape index (κ2) is 5.81. The molecule has 2 aromatic heterocycles. The van der Waals surface area contributed by atoms with E-state index in [1.165, 1.54) is 0 Å². The Hall–Kier alpha value is -3.14. The first-order chi connectivity index (χ1) is 11.7. The maximum absolute atomic E-state index is 9.57. The van der Waals surface area contributed by atoms with E-state index < -0.39 is 0 Å². The van der Waals surface area contributed by atoms with Crippen molar-refractivity contribution in [2.75, 3.05) is 5.73 Å². The molecule has 0 spiro atoms. The Morgan fingerprint density at radius 3 is 2.58 bits per heavy atom. The number of phenols is 1. The average molecular weight is 315 g/mol. The first-order valence-electron chi connectivity index (χ1n) is 7.91. The van der Waals surface area contributed by atoms with Crippen LogP contribution < -0.4 is 5.73 Å². The van der Waals surface area contributed by atoms with Crippen LogP contribution >= 0.6 is 0 Å². The minimum atomic E-state index is 0.300. The van der Waals surface area contributed by atoms with Crippen molar-refractivity contribution in [2.45, 2.75) is 12.8 Å². The molecule has 2 heterocycles.